The van der Waals surface area contributed by atoms with Gasteiger partial charge in [0.2, 0.25) is 10.0 Å². The van der Waals surface area contributed by atoms with Crippen molar-refractivity contribution in [3.8, 4) is 0 Å². The van der Waals surface area contributed by atoms with Gasteiger partial charge in [0.25, 0.3) is 0 Å². The fourth-order valence-corrected chi connectivity index (χ4v) is 4.35. The number of aromatic amines is 1. The number of aromatic nitrogens is 2. The van der Waals surface area contributed by atoms with E-state index in [9.17, 15) is 13.2 Å². The second-order valence-corrected chi connectivity index (χ2v) is 6.93. The minimum Gasteiger partial charge on any atom is -0.300 e. The first-order chi connectivity index (χ1) is 8.84. The van der Waals surface area contributed by atoms with Crippen LogP contribution < -0.4 is 0 Å². The lowest BCUT2D eigenvalue weighted by atomic mass is 9.95. The number of carbonyl (C=O) groups is 1. The van der Waals surface area contributed by atoms with E-state index in [-0.39, 0.29) is 16.6 Å². The van der Waals surface area contributed by atoms with Crippen LogP contribution in [0, 0.1) is 19.8 Å². The number of rotatable bonds is 3. The molecule has 0 aliphatic carbocycles. The molecule has 1 aromatic rings. The highest BCUT2D eigenvalue weighted by Gasteiger charge is 2.33. The molecule has 1 aromatic heterocycles. The fraction of sp³-hybridized carbons (Fsp3) is 0.667. The van der Waals surface area contributed by atoms with Crippen LogP contribution in [0.2, 0.25) is 0 Å². The summed E-state index contributed by atoms with van der Waals surface area (Å²) in [5.74, 6) is 0.144. The smallest absolute Gasteiger partial charge is 0.246 e. The van der Waals surface area contributed by atoms with Gasteiger partial charge in [0, 0.05) is 19.0 Å². The maximum atomic E-state index is 12.5. The summed E-state index contributed by atoms with van der Waals surface area (Å²) in [5, 5.41) is 6.63. The van der Waals surface area contributed by atoms with Gasteiger partial charge >= 0.3 is 0 Å². The van der Waals surface area contributed by atoms with Crippen LogP contribution in [0.15, 0.2) is 4.90 Å². The number of ketones is 1. The topological polar surface area (TPSA) is 83.1 Å². The zero-order valence-electron chi connectivity index (χ0n) is 11.4. The SMILES string of the molecule is CC(=O)C1CCN(S(=O)(=O)c2c(C)n[nH]c2C)CC1. The van der Waals surface area contributed by atoms with Crippen LogP contribution in [0.5, 0.6) is 0 Å². The van der Waals surface area contributed by atoms with Crippen molar-refractivity contribution < 1.29 is 13.2 Å². The van der Waals surface area contributed by atoms with Gasteiger partial charge in [0.15, 0.2) is 0 Å². The highest BCUT2D eigenvalue weighted by molar-refractivity contribution is 7.89. The van der Waals surface area contributed by atoms with E-state index in [2.05, 4.69) is 10.2 Å². The molecule has 1 saturated heterocycles. The average Bonchev–Trinajstić information content (AvgIpc) is 2.69. The van der Waals surface area contributed by atoms with Gasteiger partial charge in [-0.15, -0.1) is 0 Å². The van der Waals surface area contributed by atoms with Gasteiger partial charge in [-0.05, 0) is 33.6 Å². The molecule has 1 N–H and O–H groups in total. The van der Waals surface area contributed by atoms with Crippen LogP contribution in [0.1, 0.15) is 31.2 Å². The van der Waals surface area contributed by atoms with E-state index in [1.165, 1.54) is 4.31 Å². The average molecular weight is 285 g/mol. The summed E-state index contributed by atoms with van der Waals surface area (Å²) in [5.41, 5.74) is 1.05. The number of Topliss-reactive ketones (excluding diaryl/α,β-unsaturated/α-hetero) is 1. The van der Waals surface area contributed by atoms with E-state index in [1.54, 1.807) is 20.8 Å². The highest BCUT2D eigenvalue weighted by atomic mass is 32.2. The first-order valence-corrected chi connectivity index (χ1v) is 7.80. The monoisotopic (exact) mass is 285 g/mol. The summed E-state index contributed by atoms with van der Waals surface area (Å²) < 4.78 is 26.6. The largest absolute Gasteiger partial charge is 0.300 e. The maximum Gasteiger partial charge on any atom is 0.246 e. The Hall–Kier alpha value is -1.21. The van der Waals surface area contributed by atoms with Crippen molar-refractivity contribution >= 4 is 15.8 Å². The van der Waals surface area contributed by atoms with Crippen LogP contribution in [-0.2, 0) is 14.8 Å². The minimum absolute atomic E-state index is 0.00186. The molecule has 1 fully saturated rings. The van der Waals surface area contributed by atoms with Gasteiger partial charge in [0.1, 0.15) is 10.7 Å². The first-order valence-electron chi connectivity index (χ1n) is 6.36. The predicted molar refractivity (Wildman–Crippen MR) is 70.2 cm³/mol. The molecule has 0 bridgehead atoms. The number of hydrogen-bond acceptors (Lipinski definition) is 4. The van der Waals surface area contributed by atoms with Crippen molar-refractivity contribution in [1.82, 2.24) is 14.5 Å². The highest BCUT2D eigenvalue weighted by Crippen LogP contribution is 2.26. The van der Waals surface area contributed by atoms with Crippen molar-refractivity contribution in [2.24, 2.45) is 5.92 Å². The Kier molecular flexibility index (Phi) is 3.78. The summed E-state index contributed by atoms with van der Waals surface area (Å²) in [6.07, 6.45) is 1.20. The molecule has 0 amide bonds. The summed E-state index contributed by atoms with van der Waals surface area (Å²) in [4.78, 5) is 11.6. The van der Waals surface area contributed by atoms with Crippen molar-refractivity contribution in [3.05, 3.63) is 11.4 Å². The molecule has 2 heterocycles. The molecular formula is C12H19N3O3S. The van der Waals surface area contributed by atoms with Crippen molar-refractivity contribution in [2.75, 3.05) is 13.1 Å². The van der Waals surface area contributed by atoms with E-state index in [1.807, 2.05) is 0 Å². The number of sulfonamides is 1. The van der Waals surface area contributed by atoms with E-state index < -0.39 is 10.0 Å². The number of piperidine rings is 1. The molecule has 106 valence electrons. The molecule has 1 aliphatic rings. The second-order valence-electron chi connectivity index (χ2n) is 5.05. The van der Waals surface area contributed by atoms with Crippen LogP contribution in [-0.4, -0.2) is 41.8 Å². The van der Waals surface area contributed by atoms with E-state index in [4.69, 9.17) is 0 Å². The number of hydrogen-bond donors (Lipinski definition) is 1. The summed E-state index contributed by atoms with van der Waals surface area (Å²) in [6.45, 7) is 5.75. The number of nitrogens with zero attached hydrogens (tertiary/aromatic N) is 2. The Bertz CT molecular complexity index is 564. The minimum atomic E-state index is -3.50. The lowest BCUT2D eigenvalue weighted by Gasteiger charge is -2.30. The molecule has 0 aromatic carbocycles. The Morgan fingerprint density at radius 2 is 1.89 bits per heavy atom. The van der Waals surface area contributed by atoms with Crippen LogP contribution in [0.25, 0.3) is 0 Å². The lowest BCUT2D eigenvalue weighted by molar-refractivity contribution is -0.121. The Balaban J connectivity index is 2.21. The Morgan fingerprint density at radius 1 is 1.32 bits per heavy atom. The van der Waals surface area contributed by atoms with Crippen LogP contribution in [0.4, 0.5) is 0 Å². The van der Waals surface area contributed by atoms with Crippen LogP contribution in [0.3, 0.4) is 0 Å². The molecule has 6 nitrogen and oxygen atoms in total. The zero-order valence-corrected chi connectivity index (χ0v) is 12.2. The zero-order chi connectivity index (χ0) is 14.2. The molecule has 0 unspecified atom stereocenters. The lowest BCUT2D eigenvalue weighted by Crippen LogP contribution is -2.40. The van der Waals surface area contributed by atoms with Crippen molar-refractivity contribution in [3.63, 3.8) is 0 Å². The molecule has 7 heteroatoms. The molecule has 0 saturated carbocycles. The quantitative estimate of drug-likeness (QED) is 0.898. The van der Waals surface area contributed by atoms with Gasteiger partial charge in [-0.2, -0.15) is 9.40 Å². The van der Waals surface area contributed by atoms with Crippen LogP contribution >= 0.6 is 0 Å². The number of carbonyl (C=O) groups excluding carboxylic acids is 1. The summed E-state index contributed by atoms with van der Waals surface area (Å²) >= 11 is 0. The predicted octanol–water partition coefficient (Wildman–Crippen LogP) is 1.02. The van der Waals surface area contributed by atoms with Crippen molar-refractivity contribution in [1.29, 1.82) is 0 Å². The molecule has 0 radical (unpaired) electrons. The molecule has 2 rings (SSSR count). The molecule has 0 atom stereocenters. The van der Waals surface area contributed by atoms with Gasteiger partial charge in [0.05, 0.1) is 11.4 Å². The summed E-state index contributed by atoms with van der Waals surface area (Å²) in [7, 11) is -3.50. The molecule has 0 spiro atoms. The Labute approximate surface area is 113 Å². The number of nitrogens with one attached hydrogen (secondary N) is 1. The third-order valence-electron chi connectivity index (χ3n) is 3.69. The molecule has 19 heavy (non-hydrogen) atoms. The number of H-pyrrole nitrogens is 1. The normalized spacial score (nSPS) is 18.7. The van der Waals surface area contributed by atoms with Crippen molar-refractivity contribution in [2.45, 2.75) is 38.5 Å². The molecule has 1 aliphatic heterocycles. The van der Waals surface area contributed by atoms with E-state index >= 15 is 0 Å². The third kappa shape index (κ3) is 2.57. The number of aryl methyl sites for hydroxylation is 2. The third-order valence-corrected chi connectivity index (χ3v) is 5.85. The summed E-state index contributed by atoms with van der Waals surface area (Å²) in [6, 6.07) is 0. The van der Waals surface area contributed by atoms with Gasteiger partial charge < -0.3 is 0 Å². The second kappa shape index (κ2) is 5.05. The van der Waals surface area contributed by atoms with E-state index in [0.29, 0.717) is 37.3 Å². The van der Waals surface area contributed by atoms with E-state index in [0.717, 1.165) is 0 Å². The first kappa shape index (κ1) is 14.2. The maximum absolute atomic E-state index is 12.5. The standard InChI is InChI=1S/C12H19N3O3S/c1-8-12(9(2)14-13-8)19(17,18)15-6-4-11(5-7-15)10(3)16/h11H,4-7H2,1-3H3,(H,13,14). The fourth-order valence-electron chi connectivity index (χ4n) is 2.55. The Morgan fingerprint density at radius 3 is 2.32 bits per heavy atom. The van der Waals surface area contributed by atoms with Gasteiger partial charge in [-0.25, -0.2) is 8.42 Å². The van der Waals surface area contributed by atoms with Gasteiger partial charge in [-0.1, -0.05) is 0 Å². The van der Waals surface area contributed by atoms with Gasteiger partial charge in [-0.3, -0.25) is 9.89 Å². The molecular weight excluding hydrogens is 266 g/mol.